The molecular formula is C14H18BrClN2O. The highest BCUT2D eigenvalue weighted by atomic mass is 79.9. The summed E-state index contributed by atoms with van der Waals surface area (Å²) in [6, 6.07) is 6.11. The molecule has 3 atom stereocenters. The van der Waals surface area contributed by atoms with Crippen LogP contribution in [0.25, 0.3) is 0 Å². The molecule has 1 aromatic rings. The highest BCUT2D eigenvalue weighted by molar-refractivity contribution is 9.10. The van der Waals surface area contributed by atoms with Gasteiger partial charge in [-0.1, -0.05) is 27.5 Å². The van der Waals surface area contributed by atoms with Gasteiger partial charge in [-0.2, -0.15) is 0 Å². The highest BCUT2D eigenvalue weighted by Crippen LogP contribution is 2.34. The zero-order chi connectivity index (χ0) is 13.4. The molecule has 5 heteroatoms. The van der Waals surface area contributed by atoms with Crippen LogP contribution in [0.2, 0.25) is 5.02 Å². The van der Waals surface area contributed by atoms with Crippen molar-refractivity contribution in [3.63, 3.8) is 0 Å². The van der Waals surface area contributed by atoms with Gasteiger partial charge in [0.25, 0.3) is 0 Å². The summed E-state index contributed by atoms with van der Waals surface area (Å²) in [5.41, 5.74) is 7.20. The third-order valence-corrected chi connectivity index (χ3v) is 5.01. The van der Waals surface area contributed by atoms with Crippen molar-refractivity contribution in [2.45, 2.75) is 31.1 Å². The first kappa shape index (κ1) is 13.8. The largest absolute Gasteiger partial charge is 0.372 e. The lowest BCUT2D eigenvalue weighted by Crippen LogP contribution is -2.46. The molecule has 0 aromatic heterocycles. The second-order valence-electron chi connectivity index (χ2n) is 5.33. The van der Waals surface area contributed by atoms with Gasteiger partial charge in [-0.15, -0.1) is 0 Å². The Morgan fingerprint density at radius 1 is 1.37 bits per heavy atom. The number of nitrogens with two attached hydrogens (primary N) is 1. The van der Waals surface area contributed by atoms with E-state index in [4.69, 9.17) is 22.1 Å². The van der Waals surface area contributed by atoms with Gasteiger partial charge in [-0.05, 0) is 36.6 Å². The Kier molecular flexibility index (Phi) is 4.15. The molecule has 3 unspecified atom stereocenters. The number of morpholine rings is 1. The van der Waals surface area contributed by atoms with E-state index in [1.807, 2.05) is 18.2 Å². The van der Waals surface area contributed by atoms with Gasteiger partial charge in [0.05, 0.1) is 12.2 Å². The molecule has 2 aliphatic rings. The van der Waals surface area contributed by atoms with Crippen molar-refractivity contribution in [3.05, 3.63) is 33.3 Å². The lowest BCUT2D eigenvalue weighted by Gasteiger charge is -2.38. The van der Waals surface area contributed by atoms with Gasteiger partial charge in [-0.3, -0.25) is 4.90 Å². The van der Waals surface area contributed by atoms with E-state index in [1.165, 1.54) is 18.4 Å². The number of hydrogen-bond acceptors (Lipinski definition) is 3. The summed E-state index contributed by atoms with van der Waals surface area (Å²) >= 11 is 9.73. The van der Waals surface area contributed by atoms with Crippen molar-refractivity contribution in [2.75, 3.05) is 19.6 Å². The Balaban J connectivity index is 1.85. The van der Waals surface area contributed by atoms with E-state index in [0.717, 1.165) is 22.6 Å². The molecule has 2 aliphatic heterocycles. The summed E-state index contributed by atoms with van der Waals surface area (Å²) in [7, 11) is 0. The monoisotopic (exact) mass is 344 g/mol. The fraction of sp³-hybridized carbons (Fsp3) is 0.571. The maximum atomic E-state index is 6.12. The number of benzene rings is 1. The normalized spacial score (nSPS) is 28.6. The van der Waals surface area contributed by atoms with Gasteiger partial charge in [0.2, 0.25) is 0 Å². The van der Waals surface area contributed by atoms with Gasteiger partial charge in [0, 0.05) is 35.2 Å². The van der Waals surface area contributed by atoms with Gasteiger partial charge in [0.1, 0.15) is 0 Å². The first-order valence-corrected chi connectivity index (χ1v) is 7.89. The summed E-state index contributed by atoms with van der Waals surface area (Å²) in [6.45, 7) is 2.53. The maximum Gasteiger partial charge on any atom is 0.0707 e. The van der Waals surface area contributed by atoms with Crippen LogP contribution in [-0.4, -0.2) is 36.7 Å². The third-order valence-electron chi connectivity index (χ3n) is 4.05. The minimum atomic E-state index is 0.208. The SMILES string of the molecule is NCC(c1cc(Cl)ccc1Br)N1CC2CCC(C1)O2. The van der Waals surface area contributed by atoms with Crippen molar-refractivity contribution in [1.29, 1.82) is 0 Å². The molecule has 2 fully saturated rings. The Hall–Kier alpha value is -0.130. The number of likely N-dealkylation sites (tertiary alicyclic amines) is 1. The molecule has 0 saturated carbocycles. The van der Waals surface area contributed by atoms with E-state index in [2.05, 4.69) is 20.8 Å². The Bertz CT molecular complexity index is 459. The fourth-order valence-corrected chi connectivity index (χ4v) is 3.83. The van der Waals surface area contributed by atoms with Gasteiger partial charge in [0.15, 0.2) is 0 Å². The molecule has 104 valence electrons. The van der Waals surface area contributed by atoms with E-state index < -0.39 is 0 Å². The fourth-order valence-electron chi connectivity index (χ4n) is 3.14. The van der Waals surface area contributed by atoms with Gasteiger partial charge in [-0.25, -0.2) is 0 Å². The van der Waals surface area contributed by atoms with Crippen LogP contribution in [0, 0.1) is 0 Å². The van der Waals surface area contributed by atoms with Crippen LogP contribution in [0.1, 0.15) is 24.4 Å². The number of ether oxygens (including phenoxy) is 1. The number of nitrogens with zero attached hydrogens (tertiary/aromatic N) is 1. The molecule has 0 aliphatic carbocycles. The molecule has 0 spiro atoms. The van der Waals surface area contributed by atoms with Crippen LogP contribution in [0.15, 0.2) is 22.7 Å². The standard InChI is InChI=1S/C14H18BrClN2O/c15-13-4-1-9(16)5-12(13)14(6-17)18-7-10-2-3-11(8-18)19-10/h1,4-5,10-11,14H,2-3,6-8,17H2. The molecule has 0 radical (unpaired) electrons. The minimum Gasteiger partial charge on any atom is -0.372 e. The van der Waals surface area contributed by atoms with Crippen molar-refractivity contribution in [3.8, 4) is 0 Å². The van der Waals surface area contributed by atoms with Gasteiger partial charge >= 0.3 is 0 Å². The minimum absolute atomic E-state index is 0.208. The summed E-state index contributed by atoms with van der Waals surface area (Å²) < 4.78 is 6.97. The first-order chi connectivity index (χ1) is 9.17. The van der Waals surface area contributed by atoms with Crippen LogP contribution in [0.4, 0.5) is 0 Å². The predicted octanol–water partition coefficient (Wildman–Crippen LogP) is 2.97. The average molecular weight is 346 g/mol. The number of fused-ring (bicyclic) bond motifs is 2. The zero-order valence-corrected chi connectivity index (χ0v) is 13.0. The number of rotatable bonds is 3. The average Bonchev–Trinajstić information content (AvgIpc) is 2.74. The van der Waals surface area contributed by atoms with E-state index in [-0.39, 0.29) is 6.04 Å². The van der Waals surface area contributed by atoms with E-state index >= 15 is 0 Å². The van der Waals surface area contributed by atoms with Crippen molar-refractivity contribution in [2.24, 2.45) is 5.73 Å². The molecule has 2 N–H and O–H groups in total. The molecule has 0 amide bonds. The van der Waals surface area contributed by atoms with Crippen LogP contribution >= 0.6 is 27.5 Å². The number of halogens is 2. The third kappa shape index (κ3) is 2.83. The summed E-state index contributed by atoms with van der Waals surface area (Å²) in [6.07, 6.45) is 3.11. The van der Waals surface area contributed by atoms with E-state index in [0.29, 0.717) is 18.8 Å². The van der Waals surface area contributed by atoms with Crippen LogP contribution in [0.3, 0.4) is 0 Å². The lowest BCUT2D eigenvalue weighted by atomic mass is 10.0. The second kappa shape index (κ2) is 5.70. The molecule has 1 aromatic carbocycles. The molecule has 2 heterocycles. The molecule has 3 rings (SSSR count). The highest BCUT2D eigenvalue weighted by Gasteiger charge is 2.36. The Labute approximate surface area is 127 Å². The number of hydrogen-bond donors (Lipinski definition) is 1. The first-order valence-electron chi connectivity index (χ1n) is 6.72. The molecule has 2 bridgehead atoms. The second-order valence-corrected chi connectivity index (χ2v) is 6.62. The predicted molar refractivity (Wildman–Crippen MR) is 80.4 cm³/mol. The molecule has 19 heavy (non-hydrogen) atoms. The molecule has 2 saturated heterocycles. The molecular weight excluding hydrogens is 328 g/mol. The quantitative estimate of drug-likeness (QED) is 0.915. The van der Waals surface area contributed by atoms with Crippen LogP contribution in [-0.2, 0) is 4.74 Å². The zero-order valence-electron chi connectivity index (χ0n) is 10.7. The van der Waals surface area contributed by atoms with Crippen LogP contribution < -0.4 is 5.73 Å². The topological polar surface area (TPSA) is 38.5 Å². The van der Waals surface area contributed by atoms with Gasteiger partial charge < -0.3 is 10.5 Å². The molecule has 3 nitrogen and oxygen atoms in total. The Morgan fingerprint density at radius 3 is 2.68 bits per heavy atom. The summed E-state index contributed by atoms with van der Waals surface area (Å²) in [5, 5.41) is 0.757. The van der Waals surface area contributed by atoms with Crippen LogP contribution in [0.5, 0.6) is 0 Å². The summed E-state index contributed by atoms with van der Waals surface area (Å²) in [5.74, 6) is 0. The van der Waals surface area contributed by atoms with Crippen molar-refractivity contribution < 1.29 is 4.74 Å². The maximum absolute atomic E-state index is 6.12. The smallest absolute Gasteiger partial charge is 0.0707 e. The van der Waals surface area contributed by atoms with Crippen molar-refractivity contribution >= 4 is 27.5 Å². The van der Waals surface area contributed by atoms with Crippen molar-refractivity contribution in [1.82, 2.24) is 4.90 Å². The van der Waals surface area contributed by atoms with E-state index in [1.54, 1.807) is 0 Å². The Morgan fingerprint density at radius 2 is 2.05 bits per heavy atom. The summed E-state index contributed by atoms with van der Waals surface area (Å²) in [4.78, 5) is 2.45. The lowest BCUT2D eigenvalue weighted by molar-refractivity contribution is -0.0521. The van der Waals surface area contributed by atoms with E-state index in [9.17, 15) is 0 Å².